The predicted octanol–water partition coefficient (Wildman–Crippen LogP) is 0.654. The second kappa shape index (κ2) is 1.61. The zero-order valence-corrected chi connectivity index (χ0v) is 4.05. The predicted molar refractivity (Wildman–Crippen MR) is 27.8 cm³/mol. The fraction of sp³-hybridized carbons (Fsp3) is 0. The topological polar surface area (TPSA) is 90.9 Å². The molecular formula is C3H5N5. The van der Waals surface area contributed by atoms with Crippen molar-refractivity contribution in [1.82, 2.24) is 10.2 Å². The Morgan fingerprint density at radius 3 is 2.88 bits per heavy atom. The van der Waals surface area contributed by atoms with E-state index in [-0.39, 0.29) is 0 Å². The smallest absolute Gasteiger partial charge is 0.196 e. The van der Waals surface area contributed by atoms with E-state index in [1.165, 1.54) is 6.07 Å². The van der Waals surface area contributed by atoms with Crippen molar-refractivity contribution in [1.29, 1.82) is 5.53 Å². The summed E-state index contributed by atoms with van der Waals surface area (Å²) >= 11 is 0. The molecule has 0 aliphatic rings. The first-order chi connectivity index (χ1) is 3.83. The lowest BCUT2D eigenvalue weighted by molar-refractivity contribution is 1.03. The number of rotatable bonds is 1. The standard InChI is InChI=1S/C3H5N5/c4-2-1-3(6-5)8-7-2/h1,5H,(H3,4,7,8). The quantitative estimate of drug-likeness (QED) is 0.464. The molecule has 4 N–H and O–H groups in total. The van der Waals surface area contributed by atoms with Gasteiger partial charge in [0, 0.05) is 6.07 Å². The number of H-pyrrole nitrogens is 1. The number of anilines is 1. The molecule has 0 aliphatic carbocycles. The summed E-state index contributed by atoms with van der Waals surface area (Å²) in [4.78, 5) is 0. The lowest BCUT2D eigenvalue weighted by Gasteiger charge is -1.70. The van der Waals surface area contributed by atoms with Gasteiger partial charge in [0.25, 0.3) is 0 Å². The van der Waals surface area contributed by atoms with E-state index in [0.717, 1.165) is 0 Å². The number of aromatic nitrogens is 2. The summed E-state index contributed by atoms with van der Waals surface area (Å²) in [5, 5.41) is 8.98. The van der Waals surface area contributed by atoms with Gasteiger partial charge in [0.1, 0.15) is 5.82 Å². The molecular weight excluding hydrogens is 106 g/mol. The van der Waals surface area contributed by atoms with Crippen LogP contribution >= 0.6 is 0 Å². The second-order valence-electron chi connectivity index (χ2n) is 1.29. The summed E-state index contributed by atoms with van der Waals surface area (Å²) in [6.45, 7) is 0. The van der Waals surface area contributed by atoms with Crippen LogP contribution in [-0.2, 0) is 0 Å². The Morgan fingerprint density at radius 1 is 1.88 bits per heavy atom. The number of hydrogen-bond donors (Lipinski definition) is 3. The molecule has 1 rings (SSSR count). The molecule has 0 atom stereocenters. The molecule has 0 unspecified atom stereocenters. The first-order valence-corrected chi connectivity index (χ1v) is 2.01. The summed E-state index contributed by atoms with van der Waals surface area (Å²) in [6.07, 6.45) is 0. The molecule has 0 bridgehead atoms. The highest BCUT2D eigenvalue weighted by molar-refractivity contribution is 5.38. The van der Waals surface area contributed by atoms with Crippen molar-refractivity contribution in [3.8, 4) is 0 Å². The molecule has 5 heteroatoms. The number of nitrogens with zero attached hydrogens (tertiary/aromatic N) is 2. The molecule has 0 fully saturated rings. The van der Waals surface area contributed by atoms with E-state index >= 15 is 0 Å². The lowest BCUT2D eigenvalue weighted by Crippen LogP contribution is -1.81. The fourth-order valence-electron chi connectivity index (χ4n) is 0.383. The maximum absolute atomic E-state index is 6.44. The summed E-state index contributed by atoms with van der Waals surface area (Å²) in [5.41, 5.74) is 11.6. The highest BCUT2D eigenvalue weighted by atomic mass is 15.2. The van der Waals surface area contributed by atoms with Crippen molar-refractivity contribution in [3.05, 3.63) is 6.07 Å². The van der Waals surface area contributed by atoms with Crippen molar-refractivity contribution in [3.63, 3.8) is 0 Å². The molecule has 8 heavy (non-hydrogen) atoms. The minimum Gasteiger partial charge on any atom is -0.384 e. The molecule has 1 aromatic heterocycles. The van der Waals surface area contributed by atoms with Gasteiger partial charge in [-0.1, -0.05) is 0 Å². The molecule has 1 aromatic rings. The van der Waals surface area contributed by atoms with Gasteiger partial charge in [-0.05, 0) is 0 Å². The highest BCUT2D eigenvalue weighted by Gasteiger charge is 1.90. The molecule has 0 aromatic carbocycles. The molecule has 5 nitrogen and oxygen atoms in total. The van der Waals surface area contributed by atoms with Crippen LogP contribution in [0.1, 0.15) is 0 Å². The van der Waals surface area contributed by atoms with E-state index in [9.17, 15) is 0 Å². The number of nitrogens with two attached hydrogens (primary N) is 1. The van der Waals surface area contributed by atoms with Crippen molar-refractivity contribution < 1.29 is 0 Å². The van der Waals surface area contributed by atoms with Crippen LogP contribution in [-0.4, -0.2) is 10.2 Å². The van der Waals surface area contributed by atoms with Gasteiger partial charge in [0.15, 0.2) is 5.82 Å². The SMILES string of the molecule is N=Nc1cc(N)[nH]n1. The van der Waals surface area contributed by atoms with E-state index in [1.54, 1.807) is 0 Å². The largest absolute Gasteiger partial charge is 0.384 e. The molecule has 42 valence electrons. The number of aromatic amines is 1. The molecule has 0 amide bonds. The minimum absolute atomic E-state index is 0.308. The first kappa shape index (κ1) is 4.76. The van der Waals surface area contributed by atoms with E-state index in [0.29, 0.717) is 11.6 Å². The van der Waals surface area contributed by atoms with E-state index < -0.39 is 0 Å². The number of nitrogen functional groups attached to an aromatic ring is 1. The van der Waals surface area contributed by atoms with Crippen molar-refractivity contribution >= 4 is 11.6 Å². The van der Waals surface area contributed by atoms with Gasteiger partial charge in [-0.25, -0.2) is 5.53 Å². The van der Waals surface area contributed by atoms with Gasteiger partial charge in [-0.15, -0.1) is 5.11 Å². The van der Waals surface area contributed by atoms with Gasteiger partial charge in [-0.3, -0.25) is 5.10 Å². The lowest BCUT2D eigenvalue weighted by atomic mass is 10.6. The molecule has 0 spiro atoms. The van der Waals surface area contributed by atoms with Gasteiger partial charge in [-0.2, -0.15) is 5.10 Å². The number of hydrogen-bond acceptors (Lipinski definition) is 4. The summed E-state index contributed by atoms with van der Waals surface area (Å²) in [7, 11) is 0. The van der Waals surface area contributed by atoms with E-state index in [4.69, 9.17) is 11.3 Å². The van der Waals surface area contributed by atoms with Crippen molar-refractivity contribution in [2.24, 2.45) is 5.11 Å². The highest BCUT2D eigenvalue weighted by Crippen LogP contribution is 2.07. The molecule has 0 aliphatic heterocycles. The monoisotopic (exact) mass is 111 g/mol. The van der Waals surface area contributed by atoms with Gasteiger partial charge >= 0.3 is 0 Å². The van der Waals surface area contributed by atoms with Gasteiger partial charge < -0.3 is 5.73 Å². The van der Waals surface area contributed by atoms with E-state index in [2.05, 4.69) is 15.3 Å². The third-order valence-electron chi connectivity index (χ3n) is 0.699. The van der Waals surface area contributed by atoms with Crippen LogP contribution in [0.25, 0.3) is 0 Å². The van der Waals surface area contributed by atoms with Crippen molar-refractivity contribution in [2.75, 3.05) is 5.73 Å². The molecule has 0 saturated carbocycles. The van der Waals surface area contributed by atoms with Gasteiger partial charge in [0.05, 0.1) is 0 Å². The second-order valence-corrected chi connectivity index (χ2v) is 1.29. The Hall–Kier alpha value is -1.39. The Balaban J connectivity index is 3.00. The maximum Gasteiger partial charge on any atom is 0.196 e. The summed E-state index contributed by atoms with van der Waals surface area (Å²) in [5.74, 6) is 0.735. The molecule has 1 heterocycles. The van der Waals surface area contributed by atoms with Crippen LogP contribution < -0.4 is 5.73 Å². The summed E-state index contributed by atoms with van der Waals surface area (Å²) < 4.78 is 0. The Morgan fingerprint density at radius 2 is 2.62 bits per heavy atom. The Kier molecular flexibility index (Phi) is 0.957. The summed E-state index contributed by atoms with van der Waals surface area (Å²) in [6, 6.07) is 1.48. The van der Waals surface area contributed by atoms with Crippen LogP contribution in [0.5, 0.6) is 0 Å². The first-order valence-electron chi connectivity index (χ1n) is 2.01. The van der Waals surface area contributed by atoms with Crippen LogP contribution in [0.15, 0.2) is 11.2 Å². The molecule has 0 saturated heterocycles. The van der Waals surface area contributed by atoms with Gasteiger partial charge in [0.2, 0.25) is 0 Å². The van der Waals surface area contributed by atoms with Crippen LogP contribution in [0.3, 0.4) is 0 Å². The Bertz CT molecular complexity index is 189. The maximum atomic E-state index is 6.44. The zero-order chi connectivity index (χ0) is 5.98. The average molecular weight is 111 g/mol. The van der Waals surface area contributed by atoms with Crippen LogP contribution in [0.2, 0.25) is 0 Å². The third-order valence-corrected chi connectivity index (χ3v) is 0.699. The number of nitrogens with one attached hydrogen (secondary N) is 2. The van der Waals surface area contributed by atoms with Crippen LogP contribution in [0, 0.1) is 5.53 Å². The average Bonchev–Trinajstić information content (AvgIpc) is 2.14. The fourth-order valence-corrected chi connectivity index (χ4v) is 0.383. The van der Waals surface area contributed by atoms with Crippen molar-refractivity contribution in [2.45, 2.75) is 0 Å². The minimum atomic E-state index is 0.308. The third kappa shape index (κ3) is 0.651. The zero-order valence-electron chi connectivity index (χ0n) is 4.05. The normalized spacial score (nSPS) is 9.00. The molecule has 0 radical (unpaired) electrons. The Labute approximate surface area is 45.4 Å². The van der Waals surface area contributed by atoms with Crippen LogP contribution in [0.4, 0.5) is 11.6 Å². The van der Waals surface area contributed by atoms with E-state index in [1.807, 2.05) is 0 Å².